The largest absolute Gasteiger partial charge is 0.454 e. The van der Waals surface area contributed by atoms with E-state index in [4.69, 9.17) is 9.47 Å². The zero-order valence-electron chi connectivity index (χ0n) is 16.5. The van der Waals surface area contributed by atoms with Crippen molar-refractivity contribution in [1.29, 1.82) is 0 Å². The highest BCUT2D eigenvalue weighted by molar-refractivity contribution is 5.79. The van der Waals surface area contributed by atoms with Crippen molar-refractivity contribution in [3.8, 4) is 11.5 Å². The number of anilines is 1. The summed E-state index contributed by atoms with van der Waals surface area (Å²) in [6.07, 6.45) is 1.58. The number of nitrogens with one attached hydrogen (secondary N) is 1. The number of hydrogen-bond acceptors (Lipinski definition) is 6. The van der Waals surface area contributed by atoms with E-state index < -0.39 is 0 Å². The molecule has 2 aliphatic heterocycles. The minimum atomic E-state index is -0.373. The first-order valence-corrected chi connectivity index (χ1v) is 9.62. The highest BCUT2D eigenvalue weighted by atomic mass is 16.7. The lowest BCUT2D eigenvalue weighted by Crippen LogP contribution is -2.46. The molecule has 0 radical (unpaired) electrons. The van der Waals surface area contributed by atoms with Gasteiger partial charge in [-0.1, -0.05) is 6.07 Å². The molecule has 0 saturated carbocycles. The molecule has 0 bridgehead atoms. The van der Waals surface area contributed by atoms with Crippen molar-refractivity contribution in [3.05, 3.63) is 50.7 Å². The van der Waals surface area contributed by atoms with Crippen molar-refractivity contribution in [2.75, 3.05) is 24.8 Å². The fourth-order valence-corrected chi connectivity index (χ4v) is 3.81. The summed E-state index contributed by atoms with van der Waals surface area (Å²) in [6, 6.07) is 7.05. The molecule has 2 aliphatic rings. The molecule has 0 unspecified atom stereocenters. The molecule has 29 heavy (non-hydrogen) atoms. The lowest BCUT2D eigenvalue weighted by molar-refractivity contribution is -0.125. The standard InChI is InChI=1S/C20H24N4O5/c1-22-17(9-18(25)23(2)20(22)27)24-7-3-4-14(11-24)19(26)21-10-13-5-6-15-16(8-13)29-12-28-15/h5-6,8-9,14H,3-4,7,10-12H2,1-2H3,(H,21,26)/t14-/m1/s1. The van der Waals surface area contributed by atoms with E-state index >= 15 is 0 Å². The molecule has 3 heterocycles. The smallest absolute Gasteiger partial charge is 0.332 e. The van der Waals surface area contributed by atoms with Gasteiger partial charge in [0.15, 0.2) is 11.5 Å². The Morgan fingerprint density at radius 1 is 1.14 bits per heavy atom. The number of carbonyl (C=O) groups excluding carboxylic acids is 1. The van der Waals surface area contributed by atoms with Crippen molar-refractivity contribution in [3.63, 3.8) is 0 Å². The van der Waals surface area contributed by atoms with Gasteiger partial charge in [-0.2, -0.15) is 0 Å². The molecule has 9 nitrogen and oxygen atoms in total. The third-order valence-corrected chi connectivity index (χ3v) is 5.52. The summed E-state index contributed by atoms with van der Waals surface area (Å²) in [5.41, 5.74) is 0.212. The Morgan fingerprint density at radius 3 is 2.76 bits per heavy atom. The summed E-state index contributed by atoms with van der Waals surface area (Å²) in [4.78, 5) is 38.9. The normalized spacial score (nSPS) is 18.0. The SMILES string of the molecule is Cn1c(N2CCC[C@@H](C(=O)NCc3ccc4c(c3)OCO4)C2)cc(=O)n(C)c1=O. The van der Waals surface area contributed by atoms with E-state index in [2.05, 4.69) is 5.32 Å². The Hall–Kier alpha value is -3.23. The van der Waals surface area contributed by atoms with E-state index in [1.54, 1.807) is 7.05 Å². The average Bonchev–Trinajstić information content (AvgIpc) is 3.21. The van der Waals surface area contributed by atoms with E-state index in [9.17, 15) is 14.4 Å². The summed E-state index contributed by atoms with van der Waals surface area (Å²) in [5, 5.41) is 2.98. The number of hydrogen-bond donors (Lipinski definition) is 1. The van der Waals surface area contributed by atoms with Gasteiger partial charge in [-0.15, -0.1) is 0 Å². The van der Waals surface area contributed by atoms with Crippen molar-refractivity contribution >= 4 is 11.7 Å². The third kappa shape index (κ3) is 3.72. The van der Waals surface area contributed by atoms with Crippen LogP contribution in [0.4, 0.5) is 5.82 Å². The number of nitrogens with zero attached hydrogens (tertiary/aromatic N) is 3. The molecule has 1 saturated heterocycles. The number of piperidine rings is 1. The zero-order chi connectivity index (χ0) is 20.5. The predicted octanol–water partition coefficient (Wildman–Crippen LogP) is 0.346. The number of fused-ring (bicyclic) bond motifs is 1. The van der Waals surface area contributed by atoms with Crippen LogP contribution in [-0.2, 0) is 25.4 Å². The first kappa shape index (κ1) is 19.1. The zero-order valence-corrected chi connectivity index (χ0v) is 16.5. The van der Waals surface area contributed by atoms with Gasteiger partial charge in [0.25, 0.3) is 5.56 Å². The Balaban J connectivity index is 1.42. The molecule has 0 spiro atoms. The maximum Gasteiger partial charge on any atom is 0.332 e. The van der Waals surface area contributed by atoms with Crippen LogP contribution >= 0.6 is 0 Å². The number of aromatic nitrogens is 2. The summed E-state index contributed by atoms with van der Waals surface area (Å²) in [5.74, 6) is 1.69. The highest BCUT2D eigenvalue weighted by Gasteiger charge is 2.27. The number of amides is 1. The van der Waals surface area contributed by atoms with Crippen molar-refractivity contribution < 1.29 is 14.3 Å². The van der Waals surface area contributed by atoms with Gasteiger partial charge in [0.05, 0.1) is 5.92 Å². The van der Waals surface area contributed by atoms with E-state index in [-0.39, 0.29) is 29.9 Å². The maximum atomic E-state index is 12.7. The molecule has 1 amide bonds. The summed E-state index contributed by atoms with van der Waals surface area (Å²) >= 11 is 0. The average molecular weight is 400 g/mol. The highest BCUT2D eigenvalue weighted by Crippen LogP contribution is 2.32. The van der Waals surface area contributed by atoms with Gasteiger partial charge in [-0.25, -0.2) is 4.79 Å². The van der Waals surface area contributed by atoms with Crippen LogP contribution < -0.4 is 30.9 Å². The number of carbonyl (C=O) groups is 1. The molecule has 1 aromatic carbocycles. The molecule has 1 N–H and O–H groups in total. The number of rotatable bonds is 4. The van der Waals surface area contributed by atoms with Crippen LogP contribution in [0.2, 0.25) is 0 Å². The summed E-state index contributed by atoms with van der Waals surface area (Å²) in [7, 11) is 3.09. The topological polar surface area (TPSA) is 94.8 Å². The first-order chi connectivity index (χ1) is 13.9. The van der Waals surface area contributed by atoms with Gasteiger partial charge >= 0.3 is 5.69 Å². The van der Waals surface area contributed by atoms with Gasteiger partial charge in [0, 0.05) is 39.8 Å². The Bertz CT molecular complexity index is 1060. The molecule has 1 aromatic heterocycles. The van der Waals surface area contributed by atoms with Gasteiger partial charge in [-0.05, 0) is 30.5 Å². The molecule has 154 valence electrons. The van der Waals surface area contributed by atoms with Crippen molar-refractivity contribution in [2.24, 2.45) is 20.0 Å². The van der Waals surface area contributed by atoms with E-state index in [1.807, 2.05) is 23.1 Å². The second-order valence-electron chi connectivity index (χ2n) is 7.43. The first-order valence-electron chi connectivity index (χ1n) is 9.62. The number of benzene rings is 1. The molecule has 2 aromatic rings. The third-order valence-electron chi connectivity index (χ3n) is 5.52. The Morgan fingerprint density at radius 2 is 1.93 bits per heavy atom. The van der Waals surface area contributed by atoms with Crippen LogP contribution in [0.3, 0.4) is 0 Å². The number of ether oxygens (including phenoxy) is 2. The molecule has 1 atom stereocenters. The molecular weight excluding hydrogens is 376 g/mol. The maximum absolute atomic E-state index is 12.7. The minimum Gasteiger partial charge on any atom is -0.454 e. The predicted molar refractivity (Wildman–Crippen MR) is 106 cm³/mol. The summed E-state index contributed by atoms with van der Waals surface area (Å²) < 4.78 is 13.2. The van der Waals surface area contributed by atoms with Crippen LogP contribution in [0.1, 0.15) is 18.4 Å². The van der Waals surface area contributed by atoms with E-state index in [0.717, 1.165) is 23.0 Å². The summed E-state index contributed by atoms with van der Waals surface area (Å²) in [6.45, 7) is 1.78. The van der Waals surface area contributed by atoms with Gasteiger partial charge in [0.1, 0.15) is 5.82 Å². The van der Waals surface area contributed by atoms with Crippen molar-refractivity contribution in [1.82, 2.24) is 14.5 Å². The van der Waals surface area contributed by atoms with Crippen LogP contribution in [0.15, 0.2) is 33.9 Å². The lowest BCUT2D eigenvalue weighted by Gasteiger charge is -2.34. The van der Waals surface area contributed by atoms with Crippen molar-refractivity contribution in [2.45, 2.75) is 19.4 Å². The fourth-order valence-electron chi connectivity index (χ4n) is 3.81. The van der Waals surface area contributed by atoms with Gasteiger partial charge < -0.3 is 19.7 Å². The van der Waals surface area contributed by atoms with Gasteiger partial charge in [0.2, 0.25) is 12.7 Å². The van der Waals surface area contributed by atoms with Crippen LogP contribution in [-0.4, -0.2) is 34.9 Å². The fraction of sp³-hybridized carbons (Fsp3) is 0.450. The lowest BCUT2D eigenvalue weighted by atomic mass is 9.97. The quantitative estimate of drug-likeness (QED) is 0.796. The van der Waals surface area contributed by atoms with E-state index in [0.29, 0.717) is 37.0 Å². The molecule has 9 heteroatoms. The monoisotopic (exact) mass is 400 g/mol. The van der Waals surface area contributed by atoms with Crippen LogP contribution in [0.5, 0.6) is 11.5 Å². The second-order valence-corrected chi connectivity index (χ2v) is 7.43. The molecule has 1 fully saturated rings. The second kappa shape index (κ2) is 7.65. The Kier molecular flexibility index (Phi) is 5.04. The van der Waals surface area contributed by atoms with Gasteiger partial charge in [-0.3, -0.25) is 18.7 Å². The van der Waals surface area contributed by atoms with E-state index in [1.165, 1.54) is 17.7 Å². The van der Waals surface area contributed by atoms with Crippen LogP contribution in [0.25, 0.3) is 0 Å². The molecule has 0 aliphatic carbocycles. The Labute approximate surface area is 167 Å². The minimum absolute atomic E-state index is 0.0406. The molecular formula is C20H24N4O5. The molecule has 4 rings (SSSR count). The van der Waals surface area contributed by atoms with Crippen LogP contribution in [0, 0.1) is 5.92 Å².